The molecule has 0 saturated carbocycles. The number of ether oxygens (including phenoxy) is 2. The Bertz CT molecular complexity index is 890. The van der Waals surface area contributed by atoms with Gasteiger partial charge in [0.25, 0.3) is 0 Å². The van der Waals surface area contributed by atoms with Crippen molar-refractivity contribution in [2.24, 2.45) is 4.99 Å². The second kappa shape index (κ2) is 11.9. The molecule has 6 nitrogen and oxygen atoms in total. The van der Waals surface area contributed by atoms with Crippen LogP contribution in [0.1, 0.15) is 5.56 Å². The smallest absolute Gasteiger partial charge is 0.193 e. The Balaban J connectivity index is 0.00000341. The summed E-state index contributed by atoms with van der Waals surface area (Å²) >= 11 is 0. The van der Waals surface area contributed by atoms with Crippen molar-refractivity contribution >= 4 is 35.6 Å². The lowest BCUT2D eigenvalue weighted by Gasteiger charge is -2.37. The molecule has 0 atom stereocenters. The lowest BCUT2D eigenvalue weighted by atomic mass is 10.1. The molecule has 1 aliphatic heterocycles. The van der Waals surface area contributed by atoms with Gasteiger partial charge in [0.2, 0.25) is 0 Å². The molecular weight excluding hydrogens is 517 g/mol. The zero-order valence-electron chi connectivity index (χ0n) is 18.0. The zero-order chi connectivity index (χ0) is 21.5. The fourth-order valence-electron chi connectivity index (χ4n) is 3.57. The quantitative estimate of drug-likeness (QED) is 0.342. The van der Waals surface area contributed by atoms with E-state index in [4.69, 9.17) is 9.47 Å². The maximum atomic E-state index is 14.0. The van der Waals surface area contributed by atoms with Crippen molar-refractivity contribution in [1.82, 2.24) is 10.2 Å². The molecule has 1 N–H and O–H groups in total. The van der Waals surface area contributed by atoms with Crippen LogP contribution in [0.25, 0.3) is 0 Å². The van der Waals surface area contributed by atoms with Gasteiger partial charge in [-0.1, -0.05) is 6.07 Å². The largest absolute Gasteiger partial charge is 0.493 e. The van der Waals surface area contributed by atoms with Gasteiger partial charge in [-0.25, -0.2) is 8.78 Å². The van der Waals surface area contributed by atoms with E-state index in [9.17, 15) is 8.78 Å². The number of hydrogen-bond donors (Lipinski definition) is 1. The summed E-state index contributed by atoms with van der Waals surface area (Å²) in [7, 11) is 4.99. The number of anilines is 1. The van der Waals surface area contributed by atoms with Gasteiger partial charge in [0, 0.05) is 45.8 Å². The predicted molar refractivity (Wildman–Crippen MR) is 130 cm³/mol. The van der Waals surface area contributed by atoms with Gasteiger partial charge in [-0.15, -0.1) is 24.0 Å². The zero-order valence-corrected chi connectivity index (χ0v) is 20.4. The normalized spacial score (nSPS) is 14.2. The van der Waals surface area contributed by atoms with E-state index in [1.165, 1.54) is 12.1 Å². The molecule has 0 aromatic heterocycles. The Morgan fingerprint density at radius 1 is 1.00 bits per heavy atom. The van der Waals surface area contributed by atoms with Crippen molar-refractivity contribution < 1.29 is 18.3 Å². The number of guanidine groups is 1. The Hall–Kier alpha value is -2.30. The molecule has 3 rings (SSSR count). The number of rotatable bonds is 6. The highest BCUT2D eigenvalue weighted by atomic mass is 127. The first-order valence-electron chi connectivity index (χ1n) is 9.92. The minimum atomic E-state index is -0.429. The first-order valence-corrected chi connectivity index (χ1v) is 9.92. The van der Waals surface area contributed by atoms with E-state index in [1.807, 2.05) is 23.1 Å². The Kier molecular flexibility index (Phi) is 9.60. The van der Waals surface area contributed by atoms with E-state index >= 15 is 0 Å². The van der Waals surface area contributed by atoms with Crippen LogP contribution in [-0.4, -0.2) is 64.9 Å². The SMILES string of the molecule is CN=C(NCCc1ccc(OC)c(OC)c1)N1CCN(c2cc(F)ccc2F)CC1.I. The second-order valence-electron chi connectivity index (χ2n) is 6.98. The molecule has 1 saturated heterocycles. The summed E-state index contributed by atoms with van der Waals surface area (Å²) in [4.78, 5) is 8.36. The molecular formula is C22H29F2IN4O2. The van der Waals surface area contributed by atoms with Gasteiger partial charge in [-0.2, -0.15) is 0 Å². The molecule has 2 aromatic carbocycles. The molecule has 1 fully saturated rings. The summed E-state index contributed by atoms with van der Waals surface area (Å²) in [5.74, 6) is 1.39. The highest BCUT2D eigenvalue weighted by molar-refractivity contribution is 14.0. The maximum Gasteiger partial charge on any atom is 0.193 e. The van der Waals surface area contributed by atoms with E-state index in [0.29, 0.717) is 49.9 Å². The molecule has 0 bridgehead atoms. The van der Waals surface area contributed by atoms with Gasteiger partial charge >= 0.3 is 0 Å². The number of nitrogens with one attached hydrogen (secondary N) is 1. The Labute approximate surface area is 199 Å². The molecule has 0 aliphatic carbocycles. The molecule has 31 heavy (non-hydrogen) atoms. The minimum absolute atomic E-state index is 0. The average Bonchev–Trinajstić information content (AvgIpc) is 2.78. The fourth-order valence-corrected chi connectivity index (χ4v) is 3.57. The number of methoxy groups -OCH3 is 2. The Morgan fingerprint density at radius 2 is 1.71 bits per heavy atom. The van der Waals surface area contributed by atoms with Gasteiger partial charge in [0.05, 0.1) is 19.9 Å². The van der Waals surface area contributed by atoms with Gasteiger partial charge in [0.1, 0.15) is 11.6 Å². The molecule has 9 heteroatoms. The summed E-state index contributed by atoms with van der Waals surface area (Å²) < 4.78 is 38.1. The van der Waals surface area contributed by atoms with Gasteiger partial charge < -0.3 is 24.6 Å². The highest BCUT2D eigenvalue weighted by Gasteiger charge is 2.22. The average molecular weight is 546 g/mol. The van der Waals surface area contributed by atoms with Crippen molar-refractivity contribution in [3.8, 4) is 11.5 Å². The van der Waals surface area contributed by atoms with Crippen LogP contribution in [-0.2, 0) is 6.42 Å². The molecule has 1 aliphatic rings. The Morgan fingerprint density at radius 3 is 2.35 bits per heavy atom. The third-order valence-electron chi connectivity index (χ3n) is 5.18. The topological polar surface area (TPSA) is 49.3 Å². The first kappa shape index (κ1) is 25.0. The van der Waals surface area contributed by atoms with Crippen molar-refractivity contribution in [3.63, 3.8) is 0 Å². The first-order chi connectivity index (χ1) is 14.5. The second-order valence-corrected chi connectivity index (χ2v) is 6.98. The standard InChI is InChI=1S/C22H28F2N4O2.HI/c1-25-22(26-9-8-16-4-7-20(29-2)21(14-16)30-3)28-12-10-27(11-13-28)19-15-17(23)5-6-18(19)24;/h4-7,14-15H,8-13H2,1-3H3,(H,25,26);1H. The summed E-state index contributed by atoms with van der Waals surface area (Å²) in [5, 5.41) is 3.38. The van der Waals surface area contributed by atoms with Gasteiger partial charge in [-0.3, -0.25) is 4.99 Å². The van der Waals surface area contributed by atoms with Gasteiger partial charge in [0.15, 0.2) is 17.5 Å². The van der Waals surface area contributed by atoms with Crippen LogP contribution in [0, 0.1) is 11.6 Å². The van der Waals surface area contributed by atoms with Crippen LogP contribution < -0.4 is 19.7 Å². The lowest BCUT2D eigenvalue weighted by Crippen LogP contribution is -2.53. The highest BCUT2D eigenvalue weighted by Crippen LogP contribution is 2.27. The van der Waals surface area contributed by atoms with E-state index < -0.39 is 11.6 Å². The van der Waals surface area contributed by atoms with Crippen molar-refractivity contribution in [3.05, 3.63) is 53.6 Å². The van der Waals surface area contributed by atoms with E-state index in [2.05, 4.69) is 15.2 Å². The third-order valence-corrected chi connectivity index (χ3v) is 5.18. The van der Waals surface area contributed by atoms with E-state index in [-0.39, 0.29) is 24.0 Å². The summed E-state index contributed by atoms with van der Waals surface area (Å²) in [6, 6.07) is 9.44. The predicted octanol–water partition coefficient (Wildman–Crippen LogP) is 3.54. The fraction of sp³-hybridized carbons (Fsp3) is 0.409. The molecule has 0 spiro atoms. The summed E-state index contributed by atoms with van der Waals surface area (Å²) in [6.07, 6.45) is 0.799. The van der Waals surface area contributed by atoms with Crippen LogP contribution >= 0.6 is 24.0 Å². The van der Waals surface area contributed by atoms with E-state index in [0.717, 1.165) is 24.0 Å². The minimum Gasteiger partial charge on any atom is -0.493 e. The van der Waals surface area contributed by atoms with Crippen LogP contribution in [0.5, 0.6) is 11.5 Å². The molecule has 0 amide bonds. The number of piperazine rings is 1. The van der Waals surface area contributed by atoms with Crippen LogP contribution in [0.4, 0.5) is 14.5 Å². The monoisotopic (exact) mass is 546 g/mol. The molecule has 1 heterocycles. The van der Waals surface area contributed by atoms with Crippen LogP contribution in [0.3, 0.4) is 0 Å². The summed E-state index contributed by atoms with van der Waals surface area (Å²) in [6.45, 7) is 3.24. The van der Waals surface area contributed by atoms with Crippen LogP contribution in [0.2, 0.25) is 0 Å². The number of nitrogens with zero attached hydrogens (tertiary/aromatic N) is 3. The van der Waals surface area contributed by atoms with Gasteiger partial charge in [-0.05, 0) is 36.2 Å². The molecule has 2 aromatic rings. The van der Waals surface area contributed by atoms with Crippen molar-refractivity contribution in [1.29, 1.82) is 0 Å². The maximum absolute atomic E-state index is 14.0. The lowest BCUT2D eigenvalue weighted by molar-refractivity contribution is 0.354. The van der Waals surface area contributed by atoms with Crippen molar-refractivity contribution in [2.45, 2.75) is 6.42 Å². The number of hydrogen-bond acceptors (Lipinski definition) is 4. The van der Waals surface area contributed by atoms with Crippen LogP contribution in [0.15, 0.2) is 41.4 Å². The molecule has 170 valence electrons. The number of aliphatic imine (C=N–C) groups is 1. The molecule has 0 radical (unpaired) electrons. The summed E-state index contributed by atoms with van der Waals surface area (Å²) in [5.41, 5.74) is 1.44. The van der Waals surface area contributed by atoms with Crippen molar-refractivity contribution in [2.75, 3.05) is 58.9 Å². The number of benzene rings is 2. The molecule has 0 unspecified atom stereocenters. The number of halogens is 3. The third kappa shape index (κ3) is 6.34. The van der Waals surface area contributed by atoms with E-state index in [1.54, 1.807) is 21.3 Å².